The fourth-order valence-corrected chi connectivity index (χ4v) is 5.68. The van der Waals surface area contributed by atoms with Gasteiger partial charge in [0.25, 0.3) is 5.56 Å². The van der Waals surface area contributed by atoms with Crippen LogP contribution in [0.4, 0.5) is 8.78 Å². The number of carbonyl (C=O) groups is 1. The number of hydrogen-bond donors (Lipinski definition) is 2. The molecule has 2 aromatic heterocycles. The normalized spacial score (nSPS) is 19.7. The molecule has 3 N–H and O–H groups in total. The van der Waals surface area contributed by atoms with Crippen LogP contribution in [0, 0.1) is 5.92 Å². The van der Waals surface area contributed by atoms with Gasteiger partial charge in [-0.15, -0.1) is 0 Å². The van der Waals surface area contributed by atoms with Crippen molar-refractivity contribution in [2.45, 2.75) is 44.4 Å². The second kappa shape index (κ2) is 10.4. The highest BCUT2D eigenvalue weighted by molar-refractivity contribution is 5.75. The highest BCUT2D eigenvalue weighted by Gasteiger charge is 2.35. The van der Waals surface area contributed by atoms with Crippen LogP contribution in [0.3, 0.4) is 0 Å². The summed E-state index contributed by atoms with van der Waals surface area (Å²) in [6.45, 7) is -0.828. The topological polar surface area (TPSA) is 128 Å². The first-order chi connectivity index (χ1) is 18.2. The van der Waals surface area contributed by atoms with Gasteiger partial charge in [0, 0.05) is 49.8 Å². The van der Waals surface area contributed by atoms with E-state index in [9.17, 15) is 28.3 Å². The zero-order valence-corrected chi connectivity index (χ0v) is 20.4. The predicted molar refractivity (Wildman–Crippen MR) is 132 cm³/mol. The average molecular weight is 528 g/mol. The van der Waals surface area contributed by atoms with Crippen molar-refractivity contribution in [2.75, 3.05) is 13.1 Å². The molecule has 0 unspecified atom stereocenters. The smallest absolute Gasteiger partial charge is 0.387 e. The zero-order chi connectivity index (χ0) is 27.0. The minimum absolute atomic E-state index is 0.0108. The highest BCUT2D eigenvalue weighted by Crippen LogP contribution is 2.37. The first-order valence-corrected chi connectivity index (χ1v) is 12.3. The number of nitrogens with two attached hydrogens (primary N) is 1. The molecule has 11 heteroatoms. The number of ether oxygens (including phenoxy) is 1. The van der Waals surface area contributed by atoms with Crippen LogP contribution in [0.1, 0.15) is 47.5 Å². The molecule has 0 spiro atoms. The number of primary amides is 1. The van der Waals surface area contributed by atoms with Gasteiger partial charge in [-0.1, -0.05) is 18.2 Å². The average Bonchev–Trinajstić information content (AvgIpc) is 2.85. The van der Waals surface area contributed by atoms with Crippen molar-refractivity contribution in [2.24, 2.45) is 11.7 Å². The van der Waals surface area contributed by atoms with Crippen LogP contribution in [0.15, 0.2) is 62.5 Å². The van der Waals surface area contributed by atoms with E-state index in [-0.39, 0.29) is 47.6 Å². The second-order valence-electron chi connectivity index (χ2n) is 9.86. The van der Waals surface area contributed by atoms with Crippen molar-refractivity contribution in [1.29, 1.82) is 0 Å². The minimum atomic E-state index is -3.05. The van der Waals surface area contributed by atoms with E-state index < -0.39 is 29.6 Å². The molecule has 2 aliphatic heterocycles. The molecule has 1 fully saturated rings. The van der Waals surface area contributed by atoms with Crippen LogP contribution in [-0.2, 0) is 17.9 Å². The fourth-order valence-electron chi connectivity index (χ4n) is 5.68. The Hall–Kier alpha value is -3.99. The molecule has 1 amide bonds. The van der Waals surface area contributed by atoms with Crippen molar-refractivity contribution >= 4 is 5.91 Å². The Labute approximate surface area is 216 Å². The van der Waals surface area contributed by atoms with Crippen LogP contribution in [-0.4, -0.2) is 40.2 Å². The molecule has 38 heavy (non-hydrogen) atoms. The van der Waals surface area contributed by atoms with Gasteiger partial charge in [-0.05, 0) is 36.1 Å². The molecule has 0 saturated carbocycles. The number of rotatable bonds is 8. The van der Waals surface area contributed by atoms with E-state index in [0.717, 1.165) is 12.1 Å². The number of likely N-dealkylation sites (tertiary alicyclic amines) is 1. The third-order valence-electron chi connectivity index (χ3n) is 7.14. The van der Waals surface area contributed by atoms with E-state index in [1.165, 1.54) is 24.3 Å². The SMILES string of the molecule is NC(=O)C[C@H](c1cccc(OC(F)F)c1)c1oc(CN2C[C@H]3C[C@@H](C2)c2cccc(=O)n2C3)cc(=O)c1O. The first kappa shape index (κ1) is 25.7. The second-order valence-corrected chi connectivity index (χ2v) is 9.86. The van der Waals surface area contributed by atoms with E-state index in [2.05, 4.69) is 9.64 Å². The van der Waals surface area contributed by atoms with E-state index in [1.54, 1.807) is 18.2 Å². The van der Waals surface area contributed by atoms with Crippen LogP contribution in [0.25, 0.3) is 0 Å². The van der Waals surface area contributed by atoms with Gasteiger partial charge in [-0.25, -0.2) is 0 Å². The Bertz CT molecular complexity index is 1470. The summed E-state index contributed by atoms with van der Waals surface area (Å²) >= 11 is 0. The van der Waals surface area contributed by atoms with E-state index in [0.29, 0.717) is 25.2 Å². The number of halogens is 2. The Morgan fingerprint density at radius 3 is 2.68 bits per heavy atom. The summed E-state index contributed by atoms with van der Waals surface area (Å²) in [6.07, 6.45) is 0.625. The van der Waals surface area contributed by atoms with Gasteiger partial charge in [-0.3, -0.25) is 19.3 Å². The molecular weight excluding hydrogens is 500 g/mol. The summed E-state index contributed by atoms with van der Waals surface area (Å²) in [5.41, 5.74) is 6.04. The standard InChI is InChI=1S/C27H27F2N3O6/c28-27(29)38-18-4-1-3-16(8-18)20(10-23(30)34)26-25(36)22(33)9-19(37-26)14-31-11-15-7-17(13-31)21-5-2-6-24(35)32(21)12-15/h1-6,8-9,15,17,20,27,36H,7,10-14H2,(H2,30,34)/t15-,17+,20-/m1/s1. The molecule has 2 aliphatic rings. The summed E-state index contributed by atoms with van der Waals surface area (Å²) in [5.74, 6) is -2.04. The van der Waals surface area contributed by atoms with Crippen molar-refractivity contribution < 1.29 is 27.8 Å². The summed E-state index contributed by atoms with van der Waals surface area (Å²) in [5, 5.41) is 10.6. The van der Waals surface area contributed by atoms with Crippen molar-refractivity contribution in [3.8, 4) is 11.5 Å². The van der Waals surface area contributed by atoms with Gasteiger partial charge >= 0.3 is 6.61 Å². The zero-order valence-electron chi connectivity index (χ0n) is 20.4. The summed E-state index contributed by atoms with van der Waals surface area (Å²) in [6, 6.07) is 12.1. The Balaban J connectivity index is 1.44. The van der Waals surface area contributed by atoms with E-state index >= 15 is 0 Å². The Morgan fingerprint density at radius 1 is 1.13 bits per heavy atom. The Morgan fingerprint density at radius 2 is 1.92 bits per heavy atom. The summed E-state index contributed by atoms with van der Waals surface area (Å²) in [4.78, 5) is 39.1. The van der Waals surface area contributed by atoms with Crippen molar-refractivity contribution in [3.63, 3.8) is 0 Å². The van der Waals surface area contributed by atoms with Crippen LogP contribution >= 0.6 is 0 Å². The molecule has 5 rings (SSSR count). The largest absolute Gasteiger partial charge is 0.502 e. The molecule has 0 radical (unpaired) electrons. The lowest BCUT2D eigenvalue weighted by atomic mass is 9.83. The molecule has 2 bridgehead atoms. The third-order valence-corrected chi connectivity index (χ3v) is 7.14. The minimum Gasteiger partial charge on any atom is -0.502 e. The Kier molecular flexibility index (Phi) is 7.02. The number of pyridine rings is 1. The number of alkyl halides is 2. The number of carbonyl (C=O) groups excluding carboxylic acids is 1. The summed E-state index contributed by atoms with van der Waals surface area (Å²) < 4.78 is 37.8. The number of benzene rings is 1. The van der Waals surface area contributed by atoms with Gasteiger partial charge in [0.05, 0.1) is 12.5 Å². The number of piperidine rings is 1. The molecule has 200 valence electrons. The van der Waals surface area contributed by atoms with E-state index in [4.69, 9.17) is 10.2 Å². The molecule has 4 heterocycles. The van der Waals surface area contributed by atoms with Crippen molar-refractivity contribution in [1.82, 2.24) is 9.47 Å². The number of aromatic hydroxyl groups is 1. The van der Waals surface area contributed by atoms with Crippen LogP contribution < -0.4 is 21.5 Å². The number of fused-ring (bicyclic) bond motifs is 4. The van der Waals surface area contributed by atoms with Crippen molar-refractivity contribution in [3.05, 3.63) is 91.9 Å². The molecule has 3 aromatic rings. The monoisotopic (exact) mass is 527 g/mol. The van der Waals surface area contributed by atoms with Gasteiger partial charge < -0.3 is 24.6 Å². The van der Waals surface area contributed by atoms with E-state index in [1.807, 2.05) is 10.6 Å². The maximum atomic E-state index is 12.7. The van der Waals surface area contributed by atoms with Gasteiger partial charge in [0.15, 0.2) is 5.76 Å². The lowest BCUT2D eigenvalue weighted by Gasteiger charge is -2.42. The number of hydrogen-bond acceptors (Lipinski definition) is 7. The maximum absolute atomic E-state index is 12.7. The molecular formula is C27H27F2N3O6. The first-order valence-electron chi connectivity index (χ1n) is 12.3. The fraction of sp³-hybridized carbons (Fsp3) is 0.370. The molecule has 0 aliphatic carbocycles. The van der Waals surface area contributed by atoms with Crippen LogP contribution in [0.5, 0.6) is 11.5 Å². The lowest BCUT2D eigenvalue weighted by Crippen LogP contribution is -2.46. The summed E-state index contributed by atoms with van der Waals surface area (Å²) in [7, 11) is 0. The third kappa shape index (κ3) is 5.33. The van der Waals surface area contributed by atoms with Gasteiger partial charge in [0.1, 0.15) is 11.5 Å². The number of nitrogens with zero attached hydrogens (tertiary/aromatic N) is 2. The molecule has 1 aromatic carbocycles. The maximum Gasteiger partial charge on any atom is 0.387 e. The van der Waals surface area contributed by atoms with Gasteiger partial charge in [-0.2, -0.15) is 8.78 Å². The lowest BCUT2D eigenvalue weighted by molar-refractivity contribution is -0.118. The van der Waals surface area contributed by atoms with Crippen LogP contribution in [0.2, 0.25) is 0 Å². The number of amides is 1. The molecule has 1 saturated heterocycles. The quantitative estimate of drug-likeness (QED) is 0.461. The molecule has 3 atom stereocenters. The van der Waals surface area contributed by atoms with Gasteiger partial charge in [0.2, 0.25) is 17.1 Å². The number of aromatic nitrogens is 1. The highest BCUT2D eigenvalue weighted by atomic mass is 19.3. The molecule has 9 nitrogen and oxygen atoms in total. The predicted octanol–water partition coefficient (Wildman–Crippen LogP) is 2.74.